The first-order valence-electron chi connectivity index (χ1n) is 6.69. The van der Waals surface area contributed by atoms with Crippen LogP contribution in [0, 0.1) is 6.92 Å². The number of hydrogen-bond donors (Lipinski definition) is 2. The van der Waals surface area contributed by atoms with Gasteiger partial charge in [0.05, 0.1) is 5.01 Å². The van der Waals surface area contributed by atoms with Crippen molar-refractivity contribution in [3.8, 4) is 0 Å². The Hall–Kier alpha value is -0.750. The molecule has 2 amide bonds. The zero-order valence-corrected chi connectivity index (χ0v) is 13.1. The predicted octanol–water partition coefficient (Wildman–Crippen LogP) is 2.75. The first-order valence-corrected chi connectivity index (χ1v) is 8.72. The van der Waals surface area contributed by atoms with Crippen molar-refractivity contribution in [2.45, 2.75) is 38.6 Å². The molecule has 0 aliphatic carbocycles. The number of aromatic nitrogens is 1. The first kappa shape index (κ1) is 14.7. The summed E-state index contributed by atoms with van der Waals surface area (Å²) in [7, 11) is 0. The maximum absolute atomic E-state index is 11.8. The number of thiazole rings is 1. The fraction of sp³-hybridized carbons (Fsp3) is 0.692. The van der Waals surface area contributed by atoms with Crippen LogP contribution in [0.25, 0.3) is 0 Å². The Morgan fingerprint density at radius 3 is 3.11 bits per heavy atom. The molecule has 6 heteroatoms. The zero-order valence-electron chi connectivity index (χ0n) is 11.4. The van der Waals surface area contributed by atoms with Gasteiger partial charge in [0, 0.05) is 35.3 Å². The molecule has 0 aromatic carbocycles. The SMILES string of the molecule is Cc1csc([C@@H](C)CNC(=O)N[C@H]2CCCSC2)n1. The molecule has 0 saturated carbocycles. The smallest absolute Gasteiger partial charge is 0.315 e. The number of rotatable bonds is 4. The molecule has 0 spiro atoms. The normalized spacial score (nSPS) is 20.8. The van der Waals surface area contributed by atoms with Crippen LogP contribution in [-0.4, -0.2) is 35.1 Å². The second-order valence-corrected chi connectivity index (χ2v) is 7.04. The van der Waals surface area contributed by atoms with Crippen LogP contribution in [0.15, 0.2) is 5.38 Å². The minimum Gasteiger partial charge on any atom is -0.337 e. The highest BCUT2D eigenvalue weighted by Gasteiger charge is 2.16. The molecule has 1 aliphatic rings. The van der Waals surface area contributed by atoms with Crippen LogP contribution in [0.3, 0.4) is 0 Å². The second kappa shape index (κ2) is 7.14. The summed E-state index contributed by atoms with van der Waals surface area (Å²) in [6, 6.07) is 0.281. The van der Waals surface area contributed by atoms with Crippen molar-refractivity contribution in [1.29, 1.82) is 0 Å². The van der Waals surface area contributed by atoms with Crippen LogP contribution in [0.4, 0.5) is 4.79 Å². The van der Waals surface area contributed by atoms with Crippen LogP contribution in [-0.2, 0) is 0 Å². The lowest BCUT2D eigenvalue weighted by molar-refractivity contribution is 0.236. The maximum atomic E-state index is 11.8. The summed E-state index contributed by atoms with van der Waals surface area (Å²) in [6.07, 6.45) is 2.30. The van der Waals surface area contributed by atoms with E-state index >= 15 is 0 Å². The van der Waals surface area contributed by atoms with E-state index in [1.807, 2.05) is 24.1 Å². The molecule has 0 bridgehead atoms. The fourth-order valence-corrected chi connectivity index (χ4v) is 3.95. The summed E-state index contributed by atoms with van der Waals surface area (Å²) in [6.45, 7) is 4.72. The summed E-state index contributed by atoms with van der Waals surface area (Å²) in [4.78, 5) is 16.3. The number of hydrogen-bond acceptors (Lipinski definition) is 4. The quantitative estimate of drug-likeness (QED) is 0.899. The van der Waals surface area contributed by atoms with E-state index in [9.17, 15) is 4.79 Å². The number of thioether (sulfide) groups is 1. The van der Waals surface area contributed by atoms with Crippen molar-refractivity contribution in [3.05, 3.63) is 16.1 Å². The predicted molar refractivity (Wildman–Crippen MR) is 82.1 cm³/mol. The van der Waals surface area contributed by atoms with Crippen LogP contribution in [0.5, 0.6) is 0 Å². The molecule has 0 unspecified atom stereocenters. The molecule has 2 N–H and O–H groups in total. The molecule has 1 aliphatic heterocycles. The average molecular weight is 299 g/mol. The van der Waals surface area contributed by atoms with Gasteiger partial charge in [0.2, 0.25) is 0 Å². The topological polar surface area (TPSA) is 54.0 Å². The molecule has 106 valence electrons. The highest BCUT2D eigenvalue weighted by atomic mass is 32.2. The van der Waals surface area contributed by atoms with E-state index in [4.69, 9.17) is 0 Å². The minimum absolute atomic E-state index is 0.0485. The van der Waals surface area contributed by atoms with Crippen molar-refractivity contribution in [1.82, 2.24) is 15.6 Å². The van der Waals surface area contributed by atoms with Crippen molar-refractivity contribution < 1.29 is 4.79 Å². The van der Waals surface area contributed by atoms with Crippen molar-refractivity contribution in [3.63, 3.8) is 0 Å². The summed E-state index contributed by atoms with van der Waals surface area (Å²) in [5, 5.41) is 9.12. The van der Waals surface area contributed by atoms with Gasteiger partial charge in [0.15, 0.2) is 0 Å². The number of amides is 2. The van der Waals surface area contributed by atoms with Crippen LogP contribution in [0.1, 0.15) is 36.4 Å². The fourth-order valence-electron chi connectivity index (χ4n) is 2.02. The number of aryl methyl sites for hydroxylation is 1. The largest absolute Gasteiger partial charge is 0.337 e. The molecule has 1 saturated heterocycles. The minimum atomic E-state index is -0.0485. The third-order valence-corrected chi connectivity index (χ3v) is 5.53. The maximum Gasteiger partial charge on any atom is 0.315 e. The van der Waals surface area contributed by atoms with Gasteiger partial charge in [-0.05, 0) is 25.5 Å². The highest BCUT2D eigenvalue weighted by molar-refractivity contribution is 7.99. The van der Waals surface area contributed by atoms with Gasteiger partial charge < -0.3 is 10.6 Å². The molecule has 0 radical (unpaired) electrons. The lowest BCUT2D eigenvalue weighted by atomic mass is 10.2. The molecule has 1 fully saturated rings. The molecular formula is C13H21N3OS2. The van der Waals surface area contributed by atoms with E-state index in [1.165, 1.54) is 12.2 Å². The molecule has 2 heterocycles. The van der Waals surface area contributed by atoms with Gasteiger partial charge in [-0.1, -0.05) is 6.92 Å². The molecule has 1 aromatic rings. The average Bonchev–Trinajstić information content (AvgIpc) is 2.84. The Morgan fingerprint density at radius 1 is 1.63 bits per heavy atom. The lowest BCUT2D eigenvalue weighted by Crippen LogP contribution is -2.45. The standard InChI is InChI=1S/C13H21N3OS2/c1-9(12-15-10(2)7-19-12)6-14-13(17)16-11-4-3-5-18-8-11/h7,9,11H,3-6,8H2,1-2H3,(H2,14,16,17)/t9-,11-/m0/s1. The molecule has 19 heavy (non-hydrogen) atoms. The Balaban J connectivity index is 1.70. The van der Waals surface area contributed by atoms with E-state index in [2.05, 4.69) is 22.5 Å². The summed E-state index contributed by atoms with van der Waals surface area (Å²) >= 11 is 3.58. The Morgan fingerprint density at radius 2 is 2.47 bits per heavy atom. The van der Waals surface area contributed by atoms with Crippen molar-refractivity contribution in [2.75, 3.05) is 18.1 Å². The number of nitrogens with zero attached hydrogens (tertiary/aromatic N) is 1. The second-order valence-electron chi connectivity index (χ2n) is 5.00. The van der Waals surface area contributed by atoms with Gasteiger partial charge in [-0.15, -0.1) is 11.3 Å². The van der Waals surface area contributed by atoms with Gasteiger partial charge in [-0.25, -0.2) is 9.78 Å². The summed E-state index contributed by atoms with van der Waals surface area (Å²) in [5.41, 5.74) is 1.05. The number of nitrogens with one attached hydrogen (secondary N) is 2. The molecule has 2 atom stereocenters. The van der Waals surface area contributed by atoms with Gasteiger partial charge in [0.1, 0.15) is 0 Å². The molecular weight excluding hydrogens is 278 g/mol. The third-order valence-electron chi connectivity index (χ3n) is 3.12. The van der Waals surface area contributed by atoms with Crippen molar-refractivity contribution in [2.24, 2.45) is 0 Å². The van der Waals surface area contributed by atoms with Crippen LogP contribution in [0.2, 0.25) is 0 Å². The summed E-state index contributed by atoms with van der Waals surface area (Å²) in [5.74, 6) is 2.53. The third kappa shape index (κ3) is 4.69. The number of carbonyl (C=O) groups is 1. The van der Waals surface area contributed by atoms with Gasteiger partial charge >= 0.3 is 6.03 Å². The van der Waals surface area contributed by atoms with Gasteiger partial charge in [-0.2, -0.15) is 11.8 Å². The van der Waals surface area contributed by atoms with Crippen LogP contribution >= 0.6 is 23.1 Å². The monoisotopic (exact) mass is 299 g/mol. The first-order chi connectivity index (χ1) is 9.15. The van der Waals surface area contributed by atoms with Crippen LogP contribution < -0.4 is 10.6 Å². The van der Waals surface area contributed by atoms with E-state index in [0.717, 1.165) is 22.9 Å². The van der Waals surface area contributed by atoms with E-state index in [0.29, 0.717) is 12.6 Å². The van der Waals surface area contributed by atoms with E-state index < -0.39 is 0 Å². The Labute approximate surface area is 122 Å². The zero-order chi connectivity index (χ0) is 13.7. The Bertz CT molecular complexity index is 416. The molecule has 2 rings (SSSR count). The van der Waals surface area contributed by atoms with E-state index in [1.54, 1.807) is 11.3 Å². The van der Waals surface area contributed by atoms with Crippen molar-refractivity contribution >= 4 is 29.1 Å². The molecule has 4 nitrogen and oxygen atoms in total. The van der Waals surface area contributed by atoms with Gasteiger partial charge in [0.25, 0.3) is 0 Å². The number of urea groups is 1. The summed E-state index contributed by atoms with van der Waals surface area (Å²) < 4.78 is 0. The number of carbonyl (C=O) groups excluding carboxylic acids is 1. The van der Waals surface area contributed by atoms with Gasteiger partial charge in [-0.3, -0.25) is 0 Å². The molecule has 1 aromatic heterocycles. The van der Waals surface area contributed by atoms with E-state index in [-0.39, 0.29) is 11.9 Å². The highest BCUT2D eigenvalue weighted by Crippen LogP contribution is 2.19. The lowest BCUT2D eigenvalue weighted by Gasteiger charge is -2.23. The Kier molecular flexibility index (Phi) is 5.51.